The number of fused-ring (bicyclic) bond motifs is 1. The predicted molar refractivity (Wildman–Crippen MR) is 69.7 cm³/mol. The van der Waals surface area contributed by atoms with Crippen LogP contribution in [0.4, 0.5) is 5.82 Å². The summed E-state index contributed by atoms with van der Waals surface area (Å²) in [5.74, 6) is 0.693. The molecule has 3 nitrogen and oxygen atoms in total. The molecular weight excluding hydrogens is 210 g/mol. The first-order valence-electron chi connectivity index (χ1n) is 5.58. The Labute approximate surface area is 99.5 Å². The van der Waals surface area contributed by atoms with E-state index in [2.05, 4.69) is 35.4 Å². The Bertz CT molecular complexity index is 655. The third-order valence-electron chi connectivity index (χ3n) is 2.90. The van der Waals surface area contributed by atoms with E-state index in [-0.39, 0.29) is 0 Å². The summed E-state index contributed by atoms with van der Waals surface area (Å²) < 4.78 is 1.80. The summed E-state index contributed by atoms with van der Waals surface area (Å²) >= 11 is 0. The third-order valence-corrected chi connectivity index (χ3v) is 2.90. The Hall–Kier alpha value is -2.29. The van der Waals surface area contributed by atoms with Gasteiger partial charge in [0.05, 0.1) is 12.7 Å². The van der Waals surface area contributed by atoms with Gasteiger partial charge in [-0.1, -0.05) is 36.4 Å². The van der Waals surface area contributed by atoms with Gasteiger partial charge in [-0.15, -0.1) is 0 Å². The quantitative estimate of drug-likeness (QED) is 0.725. The molecular formula is C14H13N3. The van der Waals surface area contributed by atoms with Crippen LogP contribution >= 0.6 is 0 Å². The van der Waals surface area contributed by atoms with Crippen LogP contribution in [0.25, 0.3) is 10.8 Å². The molecule has 3 heteroatoms. The molecule has 1 heterocycles. The topological polar surface area (TPSA) is 43.8 Å². The molecule has 0 aliphatic heterocycles. The minimum atomic E-state index is 0.693. The molecule has 0 amide bonds. The second kappa shape index (κ2) is 3.94. The van der Waals surface area contributed by atoms with Gasteiger partial charge in [0.25, 0.3) is 0 Å². The van der Waals surface area contributed by atoms with Crippen LogP contribution < -0.4 is 5.73 Å². The molecule has 0 aliphatic carbocycles. The smallest absolute Gasteiger partial charge is 0.122 e. The van der Waals surface area contributed by atoms with E-state index in [1.54, 1.807) is 16.9 Å². The van der Waals surface area contributed by atoms with E-state index in [4.69, 9.17) is 5.73 Å². The highest BCUT2D eigenvalue weighted by Gasteiger charge is 2.00. The molecule has 0 bridgehead atoms. The molecule has 3 rings (SSSR count). The Morgan fingerprint density at radius 2 is 1.82 bits per heavy atom. The van der Waals surface area contributed by atoms with Crippen LogP contribution in [0.2, 0.25) is 0 Å². The van der Waals surface area contributed by atoms with Crippen LogP contribution in [0.3, 0.4) is 0 Å². The molecule has 0 radical (unpaired) electrons. The van der Waals surface area contributed by atoms with Crippen LogP contribution in [0.15, 0.2) is 54.7 Å². The summed E-state index contributed by atoms with van der Waals surface area (Å²) in [5.41, 5.74) is 7.01. The average molecular weight is 223 g/mol. The van der Waals surface area contributed by atoms with E-state index >= 15 is 0 Å². The number of nitrogen functional groups attached to an aromatic ring is 1. The maximum atomic E-state index is 5.80. The predicted octanol–water partition coefficient (Wildman–Crippen LogP) is 2.67. The monoisotopic (exact) mass is 223 g/mol. The molecule has 0 aliphatic rings. The molecule has 0 saturated heterocycles. The zero-order valence-corrected chi connectivity index (χ0v) is 9.38. The van der Waals surface area contributed by atoms with Crippen molar-refractivity contribution in [1.29, 1.82) is 0 Å². The van der Waals surface area contributed by atoms with Crippen molar-refractivity contribution in [3.63, 3.8) is 0 Å². The molecule has 84 valence electrons. The van der Waals surface area contributed by atoms with Gasteiger partial charge >= 0.3 is 0 Å². The standard InChI is InChI=1S/C14H13N3/c15-14-7-8-16-17(14)10-11-5-6-12-3-1-2-4-13(12)9-11/h1-9H,10,15H2. The largest absolute Gasteiger partial charge is 0.384 e. The molecule has 3 aromatic rings. The first-order valence-corrected chi connectivity index (χ1v) is 5.58. The average Bonchev–Trinajstić information content (AvgIpc) is 2.75. The van der Waals surface area contributed by atoms with E-state index in [0.29, 0.717) is 12.4 Å². The van der Waals surface area contributed by atoms with Gasteiger partial charge in [-0.25, -0.2) is 4.68 Å². The number of nitrogens with zero attached hydrogens (tertiary/aromatic N) is 2. The first kappa shape index (κ1) is 9.90. The van der Waals surface area contributed by atoms with Gasteiger partial charge in [0.15, 0.2) is 0 Å². The number of aromatic nitrogens is 2. The van der Waals surface area contributed by atoms with E-state index in [1.165, 1.54) is 16.3 Å². The highest BCUT2D eigenvalue weighted by molar-refractivity contribution is 5.82. The number of nitrogens with two attached hydrogens (primary N) is 1. The molecule has 17 heavy (non-hydrogen) atoms. The molecule has 0 fully saturated rings. The van der Waals surface area contributed by atoms with Gasteiger partial charge in [-0.3, -0.25) is 0 Å². The molecule has 2 N–H and O–H groups in total. The molecule has 0 atom stereocenters. The normalized spacial score (nSPS) is 10.8. The number of hydrogen-bond donors (Lipinski definition) is 1. The maximum Gasteiger partial charge on any atom is 0.122 e. The van der Waals surface area contributed by atoms with Crippen LogP contribution in [0, 0.1) is 0 Å². The lowest BCUT2D eigenvalue weighted by molar-refractivity contribution is 0.698. The van der Waals surface area contributed by atoms with Crippen molar-refractivity contribution in [1.82, 2.24) is 9.78 Å². The van der Waals surface area contributed by atoms with Crippen molar-refractivity contribution in [3.8, 4) is 0 Å². The Kier molecular flexibility index (Phi) is 2.29. The van der Waals surface area contributed by atoms with Gasteiger partial charge < -0.3 is 5.73 Å². The van der Waals surface area contributed by atoms with Crippen molar-refractivity contribution in [3.05, 3.63) is 60.3 Å². The fraction of sp³-hybridized carbons (Fsp3) is 0.0714. The summed E-state index contributed by atoms with van der Waals surface area (Å²) in [4.78, 5) is 0. The van der Waals surface area contributed by atoms with E-state index in [0.717, 1.165) is 0 Å². The fourth-order valence-corrected chi connectivity index (χ4v) is 1.99. The van der Waals surface area contributed by atoms with Crippen LogP contribution in [-0.4, -0.2) is 9.78 Å². The number of rotatable bonds is 2. The molecule has 2 aromatic carbocycles. The van der Waals surface area contributed by atoms with E-state index < -0.39 is 0 Å². The van der Waals surface area contributed by atoms with Gasteiger partial charge in [0, 0.05) is 0 Å². The van der Waals surface area contributed by atoms with Crippen LogP contribution in [-0.2, 0) is 6.54 Å². The highest BCUT2D eigenvalue weighted by Crippen LogP contribution is 2.16. The summed E-state index contributed by atoms with van der Waals surface area (Å²) in [5, 5.41) is 6.68. The number of hydrogen-bond acceptors (Lipinski definition) is 2. The first-order chi connectivity index (χ1) is 8.33. The minimum Gasteiger partial charge on any atom is -0.384 e. The highest BCUT2D eigenvalue weighted by atomic mass is 15.3. The SMILES string of the molecule is Nc1ccnn1Cc1ccc2ccccc2c1. The van der Waals surface area contributed by atoms with E-state index in [9.17, 15) is 0 Å². The summed E-state index contributed by atoms with van der Waals surface area (Å²) in [6.07, 6.45) is 1.72. The van der Waals surface area contributed by atoms with Crippen molar-refractivity contribution in [2.75, 3.05) is 5.73 Å². The molecule has 0 saturated carbocycles. The Morgan fingerprint density at radius 3 is 2.59 bits per heavy atom. The zero-order chi connectivity index (χ0) is 11.7. The number of anilines is 1. The zero-order valence-electron chi connectivity index (χ0n) is 9.38. The van der Waals surface area contributed by atoms with Gasteiger partial charge in [0.2, 0.25) is 0 Å². The van der Waals surface area contributed by atoms with Gasteiger partial charge in [-0.2, -0.15) is 5.10 Å². The lowest BCUT2D eigenvalue weighted by atomic mass is 10.1. The second-order valence-corrected chi connectivity index (χ2v) is 4.10. The van der Waals surface area contributed by atoms with Crippen molar-refractivity contribution < 1.29 is 0 Å². The van der Waals surface area contributed by atoms with Crippen LogP contribution in [0.5, 0.6) is 0 Å². The summed E-state index contributed by atoms with van der Waals surface area (Å²) in [6.45, 7) is 0.712. The minimum absolute atomic E-state index is 0.693. The second-order valence-electron chi connectivity index (χ2n) is 4.10. The van der Waals surface area contributed by atoms with Gasteiger partial charge in [0.1, 0.15) is 5.82 Å². The van der Waals surface area contributed by atoms with Crippen molar-refractivity contribution in [2.24, 2.45) is 0 Å². The summed E-state index contributed by atoms with van der Waals surface area (Å²) in [7, 11) is 0. The van der Waals surface area contributed by atoms with Gasteiger partial charge in [-0.05, 0) is 28.5 Å². The van der Waals surface area contributed by atoms with E-state index in [1.807, 2.05) is 12.1 Å². The number of benzene rings is 2. The van der Waals surface area contributed by atoms with Crippen LogP contribution in [0.1, 0.15) is 5.56 Å². The Balaban J connectivity index is 1.99. The van der Waals surface area contributed by atoms with Crippen molar-refractivity contribution in [2.45, 2.75) is 6.54 Å². The molecule has 0 unspecified atom stereocenters. The third kappa shape index (κ3) is 1.87. The maximum absolute atomic E-state index is 5.80. The lowest BCUT2D eigenvalue weighted by Gasteiger charge is -2.05. The summed E-state index contributed by atoms with van der Waals surface area (Å²) in [6, 6.07) is 16.6. The fourth-order valence-electron chi connectivity index (χ4n) is 1.99. The lowest BCUT2D eigenvalue weighted by Crippen LogP contribution is -2.05. The molecule has 1 aromatic heterocycles. The Morgan fingerprint density at radius 1 is 1.00 bits per heavy atom. The molecule has 0 spiro atoms. The van der Waals surface area contributed by atoms with Crippen molar-refractivity contribution >= 4 is 16.6 Å².